The third kappa shape index (κ3) is 4.39. The molecular formula is C18H27ClN2O2. The summed E-state index contributed by atoms with van der Waals surface area (Å²) >= 11 is 0. The van der Waals surface area contributed by atoms with E-state index in [1.54, 1.807) is 0 Å². The van der Waals surface area contributed by atoms with E-state index in [2.05, 4.69) is 19.2 Å². The average molecular weight is 339 g/mol. The van der Waals surface area contributed by atoms with Crippen LogP contribution in [-0.4, -0.2) is 43.6 Å². The lowest BCUT2D eigenvalue weighted by Gasteiger charge is -2.17. The summed E-state index contributed by atoms with van der Waals surface area (Å²) in [6.45, 7) is 8.99. The second kappa shape index (κ2) is 8.02. The summed E-state index contributed by atoms with van der Waals surface area (Å²) in [6, 6.07) is 7.59. The highest BCUT2D eigenvalue weighted by atomic mass is 35.5. The molecule has 2 aliphatic heterocycles. The Morgan fingerprint density at radius 2 is 1.83 bits per heavy atom. The zero-order chi connectivity index (χ0) is 15.5. The van der Waals surface area contributed by atoms with Gasteiger partial charge in [-0.15, -0.1) is 12.4 Å². The summed E-state index contributed by atoms with van der Waals surface area (Å²) in [5.74, 6) is 2.93. The van der Waals surface area contributed by atoms with Crippen molar-refractivity contribution in [3.63, 3.8) is 0 Å². The fourth-order valence-electron chi connectivity index (χ4n) is 3.31. The zero-order valence-corrected chi connectivity index (χ0v) is 14.8. The van der Waals surface area contributed by atoms with Gasteiger partial charge in [-0.2, -0.15) is 0 Å². The lowest BCUT2D eigenvalue weighted by molar-refractivity contribution is 0.0781. The Hall–Kier alpha value is -1.26. The van der Waals surface area contributed by atoms with E-state index in [-0.39, 0.29) is 18.3 Å². The summed E-state index contributed by atoms with van der Waals surface area (Å²) in [5, 5.41) is 3.40. The van der Waals surface area contributed by atoms with Gasteiger partial charge in [0.05, 0.1) is 6.61 Å². The van der Waals surface area contributed by atoms with E-state index in [1.165, 1.54) is 0 Å². The molecule has 128 valence electrons. The molecule has 1 aromatic rings. The minimum atomic E-state index is 0. The van der Waals surface area contributed by atoms with Crippen molar-refractivity contribution in [3.8, 4) is 5.75 Å². The second-order valence-electron chi connectivity index (χ2n) is 6.94. The Morgan fingerprint density at radius 1 is 1.22 bits per heavy atom. The minimum Gasteiger partial charge on any atom is -0.494 e. The number of amides is 1. The van der Waals surface area contributed by atoms with Crippen LogP contribution in [0.3, 0.4) is 0 Å². The maximum Gasteiger partial charge on any atom is 0.253 e. The first-order valence-electron chi connectivity index (χ1n) is 8.36. The molecule has 0 spiro atoms. The summed E-state index contributed by atoms with van der Waals surface area (Å²) < 4.78 is 5.70. The van der Waals surface area contributed by atoms with Gasteiger partial charge in [-0.3, -0.25) is 4.79 Å². The highest BCUT2D eigenvalue weighted by molar-refractivity contribution is 5.94. The van der Waals surface area contributed by atoms with Gasteiger partial charge in [-0.25, -0.2) is 0 Å². The maximum atomic E-state index is 12.6. The first-order chi connectivity index (χ1) is 10.6. The molecule has 1 N–H and O–H groups in total. The number of halogens is 1. The van der Waals surface area contributed by atoms with E-state index in [0.29, 0.717) is 17.8 Å². The number of fused-ring (bicyclic) bond motifs is 1. The Morgan fingerprint density at radius 3 is 2.39 bits per heavy atom. The first kappa shape index (κ1) is 18.1. The Kier molecular flexibility index (Phi) is 6.31. The van der Waals surface area contributed by atoms with Crippen LogP contribution < -0.4 is 10.1 Å². The van der Waals surface area contributed by atoms with Gasteiger partial charge in [0, 0.05) is 31.7 Å². The number of hydrogen-bond donors (Lipinski definition) is 1. The van der Waals surface area contributed by atoms with Crippen LogP contribution in [0, 0.1) is 17.8 Å². The predicted octanol–water partition coefficient (Wildman–Crippen LogP) is 2.82. The number of carbonyl (C=O) groups excluding carboxylic acids is 1. The molecule has 2 atom stereocenters. The molecule has 2 heterocycles. The Balaban J connectivity index is 0.00000192. The van der Waals surface area contributed by atoms with Crippen molar-refractivity contribution in [2.75, 3.05) is 32.8 Å². The summed E-state index contributed by atoms with van der Waals surface area (Å²) in [5.41, 5.74) is 0.768. The third-order valence-corrected chi connectivity index (χ3v) is 4.74. The summed E-state index contributed by atoms with van der Waals surface area (Å²) in [7, 11) is 0. The van der Waals surface area contributed by atoms with E-state index >= 15 is 0 Å². The molecule has 5 heteroatoms. The van der Waals surface area contributed by atoms with Gasteiger partial charge in [-0.05, 0) is 48.4 Å². The van der Waals surface area contributed by atoms with Gasteiger partial charge in [0.2, 0.25) is 0 Å². The van der Waals surface area contributed by atoms with Crippen LogP contribution in [0.15, 0.2) is 24.3 Å². The van der Waals surface area contributed by atoms with Gasteiger partial charge in [-0.1, -0.05) is 13.8 Å². The van der Waals surface area contributed by atoms with Crippen molar-refractivity contribution in [1.29, 1.82) is 0 Å². The topological polar surface area (TPSA) is 41.6 Å². The van der Waals surface area contributed by atoms with Crippen LogP contribution in [0.1, 0.15) is 30.6 Å². The molecule has 2 saturated heterocycles. The van der Waals surface area contributed by atoms with E-state index < -0.39 is 0 Å². The molecule has 0 aliphatic carbocycles. The number of nitrogens with zero attached hydrogens (tertiary/aromatic N) is 1. The average Bonchev–Trinajstić information content (AvgIpc) is 3.08. The van der Waals surface area contributed by atoms with Crippen molar-refractivity contribution in [3.05, 3.63) is 29.8 Å². The smallest absolute Gasteiger partial charge is 0.253 e. The molecule has 3 rings (SSSR count). The van der Waals surface area contributed by atoms with Gasteiger partial charge in [0.1, 0.15) is 5.75 Å². The van der Waals surface area contributed by atoms with Crippen LogP contribution in [0.4, 0.5) is 0 Å². The Labute approximate surface area is 145 Å². The summed E-state index contributed by atoms with van der Waals surface area (Å²) in [4.78, 5) is 14.6. The number of carbonyl (C=O) groups is 1. The van der Waals surface area contributed by atoms with Crippen molar-refractivity contribution in [1.82, 2.24) is 10.2 Å². The molecule has 0 aromatic heterocycles. The van der Waals surface area contributed by atoms with Crippen molar-refractivity contribution in [2.24, 2.45) is 17.8 Å². The molecule has 2 aliphatic rings. The van der Waals surface area contributed by atoms with Gasteiger partial charge < -0.3 is 15.0 Å². The van der Waals surface area contributed by atoms with Crippen LogP contribution in [0.2, 0.25) is 0 Å². The van der Waals surface area contributed by atoms with Gasteiger partial charge >= 0.3 is 0 Å². The largest absolute Gasteiger partial charge is 0.494 e. The summed E-state index contributed by atoms with van der Waals surface area (Å²) in [6.07, 6.45) is 1.05. The fraction of sp³-hybridized carbons (Fsp3) is 0.611. The standard InChI is InChI=1S/C18H26N2O2.ClH/c1-13(2)7-8-22-17-5-3-14(4-6-17)18(21)20-11-15-9-19-10-16(15)12-20;/h3-6,13,15-16,19H,7-12H2,1-2H3;1H/t15-,16+;. The molecule has 4 nitrogen and oxygen atoms in total. The molecule has 0 bridgehead atoms. The van der Waals surface area contributed by atoms with Crippen LogP contribution in [-0.2, 0) is 0 Å². The lowest BCUT2D eigenvalue weighted by Crippen LogP contribution is -2.31. The predicted molar refractivity (Wildman–Crippen MR) is 94.4 cm³/mol. The third-order valence-electron chi connectivity index (χ3n) is 4.74. The fourth-order valence-corrected chi connectivity index (χ4v) is 3.31. The number of ether oxygens (including phenoxy) is 1. The number of likely N-dealkylation sites (tertiary alicyclic amines) is 1. The zero-order valence-electron chi connectivity index (χ0n) is 14.0. The molecule has 0 saturated carbocycles. The molecule has 1 amide bonds. The van der Waals surface area contributed by atoms with Gasteiger partial charge in [0.15, 0.2) is 0 Å². The van der Waals surface area contributed by atoms with E-state index in [4.69, 9.17) is 4.74 Å². The Bertz CT molecular complexity index is 506. The minimum absolute atomic E-state index is 0. The molecule has 1 aromatic carbocycles. The highest BCUT2D eigenvalue weighted by Crippen LogP contribution is 2.27. The van der Waals surface area contributed by atoms with Gasteiger partial charge in [0.25, 0.3) is 5.91 Å². The first-order valence-corrected chi connectivity index (χ1v) is 8.36. The molecule has 0 unspecified atom stereocenters. The highest BCUT2D eigenvalue weighted by Gasteiger charge is 2.38. The van der Waals surface area contributed by atoms with Crippen molar-refractivity contribution >= 4 is 18.3 Å². The molecular weight excluding hydrogens is 312 g/mol. The number of hydrogen-bond acceptors (Lipinski definition) is 3. The van der Waals surface area contributed by atoms with Crippen LogP contribution in [0.5, 0.6) is 5.75 Å². The second-order valence-corrected chi connectivity index (χ2v) is 6.94. The molecule has 2 fully saturated rings. The molecule has 0 radical (unpaired) electrons. The van der Waals surface area contributed by atoms with E-state index in [1.807, 2.05) is 29.2 Å². The van der Waals surface area contributed by atoms with Crippen LogP contribution in [0.25, 0.3) is 0 Å². The number of rotatable bonds is 5. The van der Waals surface area contributed by atoms with Crippen LogP contribution >= 0.6 is 12.4 Å². The van der Waals surface area contributed by atoms with Crippen molar-refractivity contribution in [2.45, 2.75) is 20.3 Å². The normalized spacial score (nSPS) is 22.8. The maximum absolute atomic E-state index is 12.6. The van der Waals surface area contributed by atoms with E-state index in [9.17, 15) is 4.79 Å². The monoisotopic (exact) mass is 338 g/mol. The van der Waals surface area contributed by atoms with E-state index in [0.717, 1.165) is 50.5 Å². The number of benzene rings is 1. The van der Waals surface area contributed by atoms with Crippen molar-refractivity contribution < 1.29 is 9.53 Å². The molecule has 23 heavy (non-hydrogen) atoms. The quantitative estimate of drug-likeness (QED) is 0.897. The number of nitrogens with one attached hydrogen (secondary N) is 1. The lowest BCUT2D eigenvalue weighted by atomic mass is 10.0. The SMILES string of the molecule is CC(C)CCOc1ccc(C(=O)N2C[C@H]3CNC[C@H]3C2)cc1.Cl.